The fourth-order valence-electron chi connectivity index (χ4n) is 4.21. The predicted octanol–water partition coefficient (Wildman–Crippen LogP) is 5.94. The molecule has 0 radical (unpaired) electrons. The second-order valence-corrected chi connectivity index (χ2v) is 9.29. The van der Waals surface area contributed by atoms with Crippen LogP contribution in [0.15, 0.2) is 67.6 Å². The van der Waals surface area contributed by atoms with Crippen LogP contribution in [0.1, 0.15) is 32.3 Å². The maximum absolute atomic E-state index is 13.2. The number of carbonyl (C=O) groups is 1. The zero-order valence-electron chi connectivity index (χ0n) is 19.6. The second kappa shape index (κ2) is 10.8. The zero-order valence-corrected chi connectivity index (χ0v) is 20.3. The van der Waals surface area contributed by atoms with E-state index in [1.807, 2.05) is 30.3 Å². The number of amides is 1. The van der Waals surface area contributed by atoms with Crippen molar-refractivity contribution in [1.82, 2.24) is 14.9 Å². The first-order chi connectivity index (χ1) is 16.4. The van der Waals surface area contributed by atoms with Crippen LogP contribution in [0.2, 0.25) is 5.02 Å². The van der Waals surface area contributed by atoms with Gasteiger partial charge in [0.2, 0.25) is 5.91 Å². The number of likely N-dealkylation sites (tertiary alicyclic amines) is 1. The van der Waals surface area contributed by atoms with E-state index in [1.54, 1.807) is 30.7 Å². The lowest BCUT2D eigenvalue weighted by Gasteiger charge is -2.34. The van der Waals surface area contributed by atoms with Gasteiger partial charge in [-0.15, -0.1) is 0 Å². The van der Waals surface area contributed by atoms with E-state index in [-0.39, 0.29) is 11.8 Å². The number of hydrogen-bond donors (Lipinski definition) is 2. The van der Waals surface area contributed by atoms with Crippen molar-refractivity contribution in [3.05, 3.63) is 78.2 Å². The van der Waals surface area contributed by atoms with E-state index in [9.17, 15) is 4.79 Å². The minimum absolute atomic E-state index is 0.00174. The molecule has 1 saturated heterocycles. The number of pyridine rings is 2. The highest BCUT2D eigenvalue weighted by Gasteiger charge is 2.26. The highest BCUT2D eigenvalue weighted by Crippen LogP contribution is 2.31. The van der Waals surface area contributed by atoms with E-state index in [2.05, 4.69) is 45.9 Å². The summed E-state index contributed by atoms with van der Waals surface area (Å²) in [5.41, 5.74) is 4.20. The van der Waals surface area contributed by atoms with Gasteiger partial charge in [-0.25, -0.2) is 4.98 Å². The molecule has 3 aromatic rings. The summed E-state index contributed by atoms with van der Waals surface area (Å²) in [5.74, 6) is 0.683. The summed E-state index contributed by atoms with van der Waals surface area (Å²) in [6.07, 6.45) is 6.83. The van der Waals surface area contributed by atoms with Gasteiger partial charge in [-0.05, 0) is 87.3 Å². The molecule has 1 amide bonds. The highest BCUT2D eigenvalue weighted by molar-refractivity contribution is 6.30. The molecule has 1 aliphatic heterocycles. The van der Waals surface area contributed by atoms with E-state index in [4.69, 9.17) is 11.6 Å². The standard InChI is InChI=1S/C27H30ClN5O/c1-18(2)33-14-10-21(11-15-33)27(34)32-25-6-4-22(20-8-12-29-13-9-20)16-24(25)19(3)31-26-7-5-23(28)17-30-26/h4-9,12-13,16-18,21H,3,10-11,14-15H2,1-2H3,(H,30,31)(H,32,34). The Bertz CT molecular complexity index is 1140. The van der Waals surface area contributed by atoms with Crippen molar-refractivity contribution in [1.29, 1.82) is 0 Å². The Morgan fingerprint density at radius 2 is 1.79 bits per heavy atom. The van der Waals surface area contributed by atoms with Crippen molar-refractivity contribution in [2.45, 2.75) is 32.7 Å². The maximum atomic E-state index is 13.2. The van der Waals surface area contributed by atoms with E-state index < -0.39 is 0 Å². The normalized spacial score (nSPS) is 14.7. The Hall–Kier alpha value is -3.22. The molecular formula is C27H30ClN5O. The first-order valence-corrected chi connectivity index (χ1v) is 12.0. The Kier molecular flexibility index (Phi) is 7.60. The smallest absolute Gasteiger partial charge is 0.227 e. The fourth-order valence-corrected chi connectivity index (χ4v) is 4.32. The molecule has 1 aliphatic rings. The largest absolute Gasteiger partial charge is 0.340 e. The van der Waals surface area contributed by atoms with Crippen molar-refractivity contribution in [2.24, 2.45) is 5.92 Å². The van der Waals surface area contributed by atoms with Crippen LogP contribution in [0.25, 0.3) is 16.8 Å². The van der Waals surface area contributed by atoms with Crippen LogP contribution in [-0.4, -0.2) is 39.9 Å². The van der Waals surface area contributed by atoms with Crippen molar-refractivity contribution >= 4 is 34.7 Å². The summed E-state index contributed by atoms with van der Waals surface area (Å²) < 4.78 is 0. The molecule has 0 bridgehead atoms. The number of piperidine rings is 1. The van der Waals surface area contributed by atoms with Crippen LogP contribution >= 0.6 is 11.6 Å². The van der Waals surface area contributed by atoms with E-state index in [1.165, 1.54) is 0 Å². The molecule has 0 aliphatic carbocycles. The van der Waals surface area contributed by atoms with Crippen LogP contribution in [0.3, 0.4) is 0 Å². The summed E-state index contributed by atoms with van der Waals surface area (Å²) in [4.78, 5) is 24.0. The molecule has 1 fully saturated rings. The molecule has 176 valence electrons. The van der Waals surface area contributed by atoms with Gasteiger partial charge in [0, 0.05) is 41.8 Å². The number of benzene rings is 1. The van der Waals surface area contributed by atoms with Gasteiger partial charge < -0.3 is 15.5 Å². The number of rotatable bonds is 7. The van der Waals surface area contributed by atoms with Crippen LogP contribution in [-0.2, 0) is 4.79 Å². The maximum Gasteiger partial charge on any atom is 0.227 e. The SMILES string of the molecule is C=C(Nc1ccc(Cl)cn1)c1cc(-c2ccncc2)ccc1NC(=O)C1CCN(C(C)C)CC1. The van der Waals surface area contributed by atoms with Gasteiger partial charge in [0.15, 0.2) is 0 Å². The quantitative estimate of drug-likeness (QED) is 0.442. The minimum atomic E-state index is 0.00174. The van der Waals surface area contributed by atoms with Crippen LogP contribution in [0, 0.1) is 5.92 Å². The van der Waals surface area contributed by atoms with E-state index in [0.717, 1.165) is 48.3 Å². The van der Waals surface area contributed by atoms with Gasteiger partial charge >= 0.3 is 0 Å². The second-order valence-electron chi connectivity index (χ2n) is 8.85. The molecule has 7 heteroatoms. The third kappa shape index (κ3) is 5.82. The third-order valence-electron chi connectivity index (χ3n) is 6.25. The van der Waals surface area contributed by atoms with Crippen LogP contribution in [0.5, 0.6) is 0 Å². The van der Waals surface area contributed by atoms with Crippen molar-refractivity contribution in [3.8, 4) is 11.1 Å². The van der Waals surface area contributed by atoms with Gasteiger partial charge in [0.1, 0.15) is 5.82 Å². The monoisotopic (exact) mass is 475 g/mol. The van der Waals surface area contributed by atoms with Gasteiger partial charge in [-0.2, -0.15) is 0 Å². The summed E-state index contributed by atoms with van der Waals surface area (Å²) in [7, 11) is 0. The molecule has 0 spiro atoms. The Morgan fingerprint density at radius 1 is 1.06 bits per heavy atom. The topological polar surface area (TPSA) is 70.1 Å². The van der Waals surface area contributed by atoms with Gasteiger partial charge in [-0.1, -0.05) is 24.2 Å². The van der Waals surface area contributed by atoms with Crippen molar-refractivity contribution < 1.29 is 4.79 Å². The zero-order chi connectivity index (χ0) is 24.1. The lowest BCUT2D eigenvalue weighted by molar-refractivity contribution is -0.121. The Labute approximate surface area is 206 Å². The molecule has 1 aromatic carbocycles. The minimum Gasteiger partial charge on any atom is -0.340 e. The van der Waals surface area contributed by atoms with Gasteiger partial charge in [0.05, 0.1) is 10.7 Å². The van der Waals surface area contributed by atoms with Gasteiger partial charge in [-0.3, -0.25) is 9.78 Å². The van der Waals surface area contributed by atoms with Crippen LogP contribution < -0.4 is 10.6 Å². The first kappa shape index (κ1) is 23.9. The first-order valence-electron chi connectivity index (χ1n) is 11.6. The number of aromatic nitrogens is 2. The van der Waals surface area contributed by atoms with E-state index >= 15 is 0 Å². The number of nitrogens with zero attached hydrogens (tertiary/aromatic N) is 3. The Morgan fingerprint density at radius 3 is 2.44 bits per heavy atom. The van der Waals surface area contributed by atoms with Crippen LogP contribution in [0.4, 0.5) is 11.5 Å². The number of halogens is 1. The molecule has 34 heavy (non-hydrogen) atoms. The molecule has 0 unspecified atom stereocenters. The summed E-state index contributed by atoms with van der Waals surface area (Å²) >= 11 is 5.97. The molecule has 6 nitrogen and oxygen atoms in total. The lowest BCUT2D eigenvalue weighted by Crippen LogP contribution is -2.41. The van der Waals surface area contributed by atoms with Gasteiger partial charge in [0.25, 0.3) is 0 Å². The number of carbonyl (C=O) groups excluding carboxylic acids is 1. The average molecular weight is 476 g/mol. The lowest BCUT2D eigenvalue weighted by atomic mass is 9.94. The molecule has 4 rings (SSSR count). The molecule has 3 heterocycles. The molecular weight excluding hydrogens is 446 g/mol. The van der Waals surface area contributed by atoms with E-state index in [0.29, 0.717) is 22.6 Å². The average Bonchev–Trinajstić information content (AvgIpc) is 2.86. The molecule has 2 N–H and O–H groups in total. The summed E-state index contributed by atoms with van der Waals surface area (Å²) in [6, 6.07) is 13.9. The summed E-state index contributed by atoms with van der Waals surface area (Å²) in [6.45, 7) is 10.5. The number of anilines is 2. The number of nitrogens with one attached hydrogen (secondary N) is 2. The van der Waals surface area contributed by atoms with Crippen molar-refractivity contribution in [3.63, 3.8) is 0 Å². The Balaban J connectivity index is 1.57. The van der Waals surface area contributed by atoms with Crippen molar-refractivity contribution in [2.75, 3.05) is 23.7 Å². The molecule has 0 atom stereocenters. The summed E-state index contributed by atoms with van der Waals surface area (Å²) in [5, 5.41) is 6.97. The molecule has 0 saturated carbocycles. The molecule has 2 aromatic heterocycles. The predicted molar refractivity (Wildman–Crippen MR) is 140 cm³/mol. The number of hydrogen-bond acceptors (Lipinski definition) is 5. The highest BCUT2D eigenvalue weighted by atomic mass is 35.5. The third-order valence-corrected chi connectivity index (χ3v) is 6.48. The fraction of sp³-hybridized carbons (Fsp3) is 0.296.